The molecule has 2 nitrogen and oxygen atoms in total. The molecule has 20 heavy (non-hydrogen) atoms. The summed E-state index contributed by atoms with van der Waals surface area (Å²) in [6.45, 7) is 6.89. The average molecular weight is 264 g/mol. The Hall–Kier alpha value is -1.90. The second-order valence-electron chi connectivity index (χ2n) is 5.84. The van der Waals surface area contributed by atoms with Crippen LogP contribution in [0.25, 0.3) is 0 Å². The van der Waals surface area contributed by atoms with Crippen LogP contribution in [0.15, 0.2) is 36.4 Å². The second kappa shape index (κ2) is 4.59. The third kappa shape index (κ3) is 1.73. The van der Waals surface area contributed by atoms with Gasteiger partial charge in [0, 0.05) is 5.69 Å². The monoisotopic (exact) mass is 264 g/mol. The van der Waals surface area contributed by atoms with Gasteiger partial charge >= 0.3 is 6.98 Å². The minimum atomic E-state index is 0.285. The van der Waals surface area contributed by atoms with E-state index in [1.807, 2.05) is 0 Å². The van der Waals surface area contributed by atoms with E-state index in [-0.39, 0.29) is 6.98 Å². The van der Waals surface area contributed by atoms with Crippen molar-refractivity contribution in [3.05, 3.63) is 53.1 Å². The van der Waals surface area contributed by atoms with Gasteiger partial charge in [-0.1, -0.05) is 41.5 Å². The van der Waals surface area contributed by atoms with E-state index in [0.29, 0.717) is 0 Å². The molecule has 102 valence electrons. The van der Waals surface area contributed by atoms with Crippen LogP contribution in [-0.2, 0) is 0 Å². The SMILES string of the molecule is Cc1cccc(C)c1B1N(C)c2cccc(C)c2N1C. The molecule has 0 aromatic heterocycles. The molecule has 0 saturated heterocycles. The van der Waals surface area contributed by atoms with Crippen molar-refractivity contribution in [1.82, 2.24) is 0 Å². The lowest BCUT2D eigenvalue weighted by molar-refractivity contribution is 1.28. The molecule has 0 bridgehead atoms. The molecule has 1 heterocycles. The molecule has 0 spiro atoms. The molecule has 0 radical (unpaired) electrons. The highest BCUT2D eigenvalue weighted by molar-refractivity contribution is 6.82. The third-order valence-electron chi connectivity index (χ3n) is 4.48. The molecule has 0 amide bonds. The molecular weight excluding hydrogens is 243 g/mol. The number of anilines is 2. The van der Waals surface area contributed by atoms with Crippen molar-refractivity contribution in [2.45, 2.75) is 20.8 Å². The maximum absolute atomic E-state index is 2.40. The van der Waals surface area contributed by atoms with Crippen LogP contribution in [0.1, 0.15) is 16.7 Å². The summed E-state index contributed by atoms with van der Waals surface area (Å²) in [7, 11) is 4.39. The molecular formula is C17H21BN2. The van der Waals surface area contributed by atoms with Crippen LogP contribution in [0.3, 0.4) is 0 Å². The lowest BCUT2D eigenvalue weighted by atomic mass is 9.62. The number of nitrogens with zero attached hydrogens (tertiary/aromatic N) is 2. The minimum Gasteiger partial charge on any atom is -0.393 e. The van der Waals surface area contributed by atoms with Gasteiger partial charge in [-0.05, 0) is 52.0 Å². The van der Waals surface area contributed by atoms with Gasteiger partial charge in [0.25, 0.3) is 0 Å². The van der Waals surface area contributed by atoms with E-state index in [2.05, 4.69) is 80.9 Å². The average Bonchev–Trinajstić information content (AvgIpc) is 2.65. The summed E-state index contributed by atoms with van der Waals surface area (Å²) in [6, 6.07) is 13.1. The van der Waals surface area contributed by atoms with Gasteiger partial charge < -0.3 is 9.62 Å². The Balaban J connectivity index is 2.17. The van der Waals surface area contributed by atoms with Crippen molar-refractivity contribution in [3.8, 4) is 0 Å². The highest BCUT2D eigenvalue weighted by Crippen LogP contribution is 2.38. The van der Waals surface area contributed by atoms with Gasteiger partial charge in [-0.25, -0.2) is 0 Å². The van der Waals surface area contributed by atoms with Crippen LogP contribution >= 0.6 is 0 Å². The first-order valence-corrected chi connectivity index (χ1v) is 7.13. The summed E-state index contributed by atoms with van der Waals surface area (Å²) in [5.41, 5.74) is 8.15. The molecule has 0 fully saturated rings. The van der Waals surface area contributed by atoms with Crippen LogP contribution in [0.5, 0.6) is 0 Å². The Morgan fingerprint density at radius 2 is 1.30 bits per heavy atom. The topological polar surface area (TPSA) is 6.48 Å². The maximum atomic E-state index is 2.40. The van der Waals surface area contributed by atoms with Crippen LogP contribution in [0.2, 0.25) is 0 Å². The van der Waals surface area contributed by atoms with Gasteiger partial charge in [-0.15, -0.1) is 0 Å². The number of benzene rings is 2. The number of aryl methyl sites for hydroxylation is 3. The highest BCUT2D eigenvalue weighted by atomic mass is 15.3. The molecule has 0 atom stereocenters. The second-order valence-corrected chi connectivity index (χ2v) is 5.84. The fourth-order valence-electron chi connectivity index (χ4n) is 3.52. The highest BCUT2D eigenvalue weighted by Gasteiger charge is 2.39. The molecule has 3 rings (SSSR count). The van der Waals surface area contributed by atoms with E-state index in [4.69, 9.17) is 0 Å². The summed E-state index contributed by atoms with van der Waals surface area (Å²) in [6.07, 6.45) is 0. The molecule has 2 aromatic rings. The summed E-state index contributed by atoms with van der Waals surface area (Å²) >= 11 is 0. The lowest BCUT2D eigenvalue weighted by Crippen LogP contribution is -2.55. The summed E-state index contributed by atoms with van der Waals surface area (Å²) in [5, 5.41) is 0. The van der Waals surface area contributed by atoms with Crippen LogP contribution in [0, 0.1) is 20.8 Å². The summed E-state index contributed by atoms with van der Waals surface area (Å²) < 4.78 is 0. The summed E-state index contributed by atoms with van der Waals surface area (Å²) in [4.78, 5) is 4.79. The summed E-state index contributed by atoms with van der Waals surface area (Å²) in [5.74, 6) is 0. The van der Waals surface area contributed by atoms with Crippen molar-refractivity contribution >= 4 is 23.8 Å². The van der Waals surface area contributed by atoms with Gasteiger partial charge in [0.05, 0.1) is 5.69 Å². The van der Waals surface area contributed by atoms with E-state index in [9.17, 15) is 0 Å². The number of hydrogen-bond acceptors (Lipinski definition) is 2. The van der Waals surface area contributed by atoms with Gasteiger partial charge in [0.15, 0.2) is 0 Å². The normalized spacial score (nSPS) is 13.9. The number of hydrogen-bond donors (Lipinski definition) is 0. The van der Waals surface area contributed by atoms with Gasteiger partial charge in [-0.2, -0.15) is 0 Å². The van der Waals surface area contributed by atoms with Crippen molar-refractivity contribution in [2.75, 3.05) is 23.7 Å². The smallest absolute Gasteiger partial charge is 0.393 e. The number of fused-ring (bicyclic) bond motifs is 1. The van der Waals surface area contributed by atoms with Crippen molar-refractivity contribution in [1.29, 1.82) is 0 Å². The Bertz CT molecular complexity index is 646. The van der Waals surface area contributed by atoms with Crippen LogP contribution in [-0.4, -0.2) is 21.1 Å². The predicted octanol–water partition coefficient (Wildman–Crippen LogP) is 2.89. The molecule has 3 heteroatoms. The van der Waals surface area contributed by atoms with Crippen molar-refractivity contribution in [3.63, 3.8) is 0 Å². The van der Waals surface area contributed by atoms with Gasteiger partial charge in [-0.3, -0.25) is 0 Å². The van der Waals surface area contributed by atoms with E-state index in [0.717, 1.165) is 0 Å². The first-order chi connectivity index (χ1) is 9.52. The van der Waals surface area contributed by atoms with Crippen molar-refractivity contribution in [2.24, 2.45) is 0 Å². The Morgan fingerprint density at radius 3 is 1.90 bits per heavy atom. The largest absolute Gasteiger partial charge is 0.411 e. The zero-order valence-corrected chi connectivity index (χ0v) is 12.9. The van der Waals surface area contributed by atoms with Crippen LogP contribution in [0.4, 0.5) is 11.4 Å². The molecule has 1 aliphatic heterocycles. The van der Waals surface area contributed by atoms with Gasteiger partial charge in [0.2, 0.25) is 0 Å². The quantitative estimate of drug-likeness (QED) is 0.731. The first kappa shape index (κ1) is 13.1. The van der Waals surface area contributed by atoms with Gasteiger partial charge in [0.1, 0.15) is 0 Å². The fourth-order valence-corrected chi connectivity index (χ4v) is 3.52. The maximum Gasteiger partial charge on any atom is 0.411 e. The predicted molar refractivity (Wildman–Crippen MR) is 89.3 cm³/mol. The minimum absolute atomic E-state index is 0.285. The Labute approximate surface area is 122 Å². The standard InChI is InChI=1S/C17H21BN2/c1-12-8-6-9-13(2)16(12)18-19(4)15-11-7-10-14(3)17(15)20(18)5/h6-11H,1-5H3. The molecule has 0 N–H and O–H groups in total. The van der Waals surface area contributed by atoms with E-state index in [1.165, 1.54) is 33.5 Å². The number of para-hydroxylation sites is 1. The molecule has 0 saturated carbocycles. The van der Waals surface area contributed by atoms with E-state index in [1.54, 1.807) is 0 Å². The van der Waals surface area contributed by atoms with E-state index >= 15 is 0 Å². The molecule has 0 unspecified atom stereocenters. The molecule has 0 aliphatic carbocycles. The molecule has 1 aliphatic rings. The van der Waals surface area contributed by atoms with E-state index < -0.39 is 0 Å². The fraction of sp³-hybridized carbons (Fsp3) is 0.294. The number of rotatable bonds is 1. The Kier molecular flexibility index (Phi) is 3.00. The van der Waals surface area contributed by atoms with Crippen LogP contribution < -0.4 is 15.1 Å². The lowest BCUT2D eigenvalue weighted by Gasteiger charge is -2.26. The zero-order valence-electron chi connectivity index (χ0n) is 12.9. The Morgan fingerprint density at radius 1 is 0.750 bits per heavy atom. The third-order valence-corrected chi connectivity index (χ3v) is 4.48. The van der Waals surface area contributed by atoms with Crippen molar-refractivity contribution < 1.29 is 0 Å². The first-order valence-electron chi connectivity index (χ1n) is 7.13. The zero-order chi connectivity index (χ0) is 14.4. The molecule has 2 aromatic carbocycles.